The van der Waals surface area contributed by atoms with E-state index in [2.05, 4.69) is 71.6 Å². The lowest BCUT2D eigenvalue weighted by Gasteiger charge is -2.16. The molecule has 4 nitrogen and oxygen atoms in total. The van der Waals surface area contributed by atoms with Crippen molar-refractivity contribution in [1.82, 2.24) is 5.43 Å². The smallest absolute Gasteiger partial charge is 0.252 e. The topological polar surface area (TPSA) is 50.7 Å². The minimum atomic E-state index is -0.441. The number of hydrogen-bond donors (Lipinski definition) is 1. The van der Waals surface area contributed by atoms with Gasteiger partial charge in [-0.3, -0.25) is 4.79 Å². The molecule has 0 aliphatic rings. The first kappa shape index (κ1) is 25.8. The van der Waals surface area contributed by atoms with E-state index in [1.54, 1.807) is 6.21 Å². The van der Waals surface area contributed by atoms with E-state index in [4.69, 9.17) is 4.74 Å². The van der Waals surface area contributed by atoms with Crippen molar-refractivity contribution in [1.29, 1.82) is 0 Å². The van der Waals surface area contributed by atoms with Crippen LogP contribution >= 0.6 is 61.1 Å². The number of carbonyl (C=O) groups excluding carboxylic acids is 1. The Kier molecular flexibility index (Phi) is 9.33. The lowest BCUT2D eigenvalue weighted by Crippen LogP contribution is -2.26. The number of hydrogen-bond acceptors (Lipinski definition) is 3. The predicted molar refractivity (Wildman–Crippen MR) is 161 cm³/mol. The van der Waals surface area contributed by atoms with Crippen molar-refractivity contribution in [3.63, 3.8) is 0 Å². The molecule has 0 radical (unpaired) electrons. The van der Waals surface area contributed by atoms with Gasteiger partial charge in [-0.05, 0) is 91.7 Å². The van der Waals surface area contributed by atoms with Crippen molar-refractivity contribution < 1.29 is 9.53 Å². The molecule has 0 saturated carbocycles. The average Bonchev–Trinajstić information content (AvgIpc) is 2.86. The summed E-state index contributed by atoms with van der Waals surface area (Å²) < 4.78 is 9.07. The lowest BCUT2D eigenvalue weighted by molar-refractivity contribution is -0.121. The normalized spacial score (nSPS) is 11.1. The quantitative estimate of drug-likeness (QED) is 0.115. The highest BCUT2D eigenvalue weighted by atomic mass is 127. The van der Waals surface area contributed by atoms with Crippen molar-refractivity contribution >= 4 is 73.2 Å². The Balaban J connectivity index is 1.45. The van der Waals surface area contributed by atoms with Gasteiger partial charge in [-0.2, -0.15) is 5.10 Å². The molecule has 0 atom stereocenters. The summed E-state index contributed by atoms with van der Waals surface area (Å²) in [5.41, 5.74) is 6.54. The van der Waals surface area contributed by atoms with Crippen LogP contribution in [0.5, 0.6) is 5.75 Å². The van der Waals surface area contributed by atoms with Gasteiger partial charge < -0.3 is 4.74 Å². The molecule has 0 spiro atoms. The molecule has 4 aromatic rings. The standard InChI is InChI=1S/C28H21BrI2N2O2/c29-23-13-11-19(12-14-23)18-35-27-24(30)15-20(16-25(27)31)17-32-33-28(34)26(21-7-3-1-4-8-21)22-9-5-2-6-10-22/h1-17,26H,18H2,(H,33,34)/b32-17+. The van der Waals surface area contributed by atoms with E-state index in [9.17, 15) is 4.79 Å². The molecule has 0 bridgehead atoms. The van der Waals surface area contributed by atoms with Crippen molar-refractivity contribution in [3.8, 4) is 5.75 Å². The summed E-state index contributed by atoms with van der Waals surface area (Å²) in [4.78, 5) is 13.1. The van der Waals surface area contributed by atoms with Crippen LogP contribution in [0.1, 0.15) is 28.2 Å². The molecule has 4 rings (SSSR count). The maximum Gasteiger partial charge on any atom is 0.252 e. The number of halogens is 3. The van der Waals surface area contributed by atoms with Gasteiger partial charge in [0.15, 0.2) is 0 Å². The molecule has 7 heteroatoms. The molecule has 0 fully saturated rings. The van der Waals surface area contributed by atoms with Gasteiger partial charge in [-0.25, -0.2) is 5.43 Å². The summed E-state index contributed by atoms with van der Waals surface area (Å²) in [5, 5.41) is 4.25. The summed E-state index contributed by atoms with van der Waals surface area (Å²) in [6.45, 7) is 0.489. The predicted octanol–water partition coefficient (Wildman–Crippen LogP) is 7.52. The molecule has 1 amide bonds. The van der Waals surface area contributed by atoms with E-state index < -0.39 is 5.92 Å². The molecule has 1 N–H and O–H groups in total. The van der Waals surface area contributed by atoms with E-state index in [0.717, 1.165) is 39.6 Å². The Morgan fingerprint density at radius 1 is 0.886 bits per heavy atom. The fourth-order valence-electron chi connectivity index (χ4n) is 3.55. The Bertz CT molecular complexity index is 1250. The van der Waals surface area contributed by atoms with Crippen LogP contribution in [0.4, 0.5) is 0 Å². The van der Waals surface area contributed by atoms with Crippen LogP contribution in [0, 0.1) is 7.14 Å². The summed E-state index contributed by atoms with van der Waals surface area (Å²) in [5.74, 6) is 0.213. The van der Waals surface area contributed by atoms with E-state index in [0.29, 0.717) is 6.61 Å². The molecule has 0 unspecified atom stereocenters. The van der Waals surface area contributed by atoms with Crippen LogP contribution < -0.4 is 10.2 Å². The third kappa shape index (κ3) is 7.14. The van der Waals surface area contributed by atoms with Crippen LogP contribution in [0.15, 0.2) is 107 Å². The van der Waals surface area contributed by atoms with Gasteiger partial charge in [0, 0.05) is 4.47 Å². The third-order valence-electron chi connectivity index (χ3n) is 5.23. The Hall–Kier alpha value is -2.24. The number of rotatable bonds is 8. The average molecular weight is 751 g/mol. The van der Waals surface area contributed by atoms with E-state index in [-0.39, 0.29) is 5.91 Å². The second-order valence-electron chi connectivity index (χ2n) is 7.72. The maximum absolute atomic E-state index is 13.1. The summed E-state index contributed by atoms with van der Waals surface area (Å²) in [6, 6.07) is 31.5. The van der Waals surface area contributed by atoms with Gasteiger partial charge in [0.1, 0.15) is 12.4 Å². The highest BCUT2D eigenvalue weighted by Gasteiger charge is 2.22. The molecule has 35 heavy (non-hydrogen) atoms. The zero-order chi connectivity index (χ0) is 24.6. The molecule has 0 aromatic heterocycles. The molecule has 176 valence electrons. The summed E-state index contributed by atoms with van der Waals surface area (Å²) in [6.07, 6.45) is 1.66. The van der Waals surface area contributed by atoms with Crippen molar-refractivity contribution in [2.45, 2.75) is 12.5 Å². The number of hydrazone groups is 1. The second kappa shape index (κ2) is 12.6. The van der Waals surface area contributed by atoms with Gasteiger partial charge in [-0.15, -0.1) is 0 Å². The van der Waals surface area contributed by atoms with E-state index >= 15 is 0 Å². The van der Waals surface area contributed by atoms with Crippen molar-refractivity contribution in [3.05, 3.63) is 131 Å². The van der Waals surface area contributed by atoms with Crippen LogP contribution in [-0.4, -0.2) is 12.1 Å². The first-order valence-corrected chi connectivity index (χ1v) is 13.8. The number of nitrogens with zero attached hydrogens (tertiary/aromatic N) is 1. The number of carbonyl (C=O) groups is 1. The van der Waals surface area contributed by atoms with Crippen LogP contribution in [0.3, 0.4) is 0 Å². The molecular weight excluding hydrogens is 730 g/mol. The fourth-order valence-corrected chi connectivity index (χ4v) is 5.94. The van der Waals surface area contributed by atoms with Gasteiger partial charge >= 0.3 is 0 Å². The van der Waals surface area contributed by atoms with E-state index in [1.807, 2.05) is 97.1 Å². The zero-order valence-electron chi connectivity index (χ0n) is 18.5. The minimum absolute atomic E-state index is 0.183. The molecule has 0 aliphatic carbocycles. The molecule has 0 aliphatic heterocycles. The monoisotopic (exact) mass is 750 g/mol. The van der Waals surface area contributed by atoms with Gasteiger partial charge in [0.25, 0.3) is 5.91 Å². The number of amides is 1. The van der Waals surface area contributed by atoms with Crippen molar-refractivity contribution in [2.24, 2.45) is 5.10 Å². The largest absolute Gasteiger partial charge is 0.487 e. The van der Waals surface area contributed by atoms with Gasteiger partial charge in [0.05, 0.1) is 19.3 Å². The number of ether oxygens (including phenoxy) is 1. The molecular formula is C28H21BrI2N2O2. The number of benzene rings is 4. The van der Waals surface area contributed by atoms with Crippen LogP contribution in [0.25, 0.3) is 0 Å². The van der Waals surface area contributed by atoms with E-state index in [1.165, 1.54) is 0 Å². The third-order valence-corrected chi connectivity index (χ3v) is 7.36. The number of nitrogens with one attached hydrogen (secondary N) is 1. The highest BCUT2D eigenvalue weighted by molar-refractivity contribution is 14.1. The Morgan fingerprint density at radius 2 is 1.43 bits per heavy atom. The molecule has 0 heterocycles. The van der Waals surface area contributed by atoms with Gasteiger partial charge in [0.2, 0.25) is 0 Å². The fraction of sp³-hybridized carbons (Fsp3) is 0.0714. The van der Waals surface area contributed by atoms with Crippen molar-refractivity contribution in [2.75, 3.05) is 0 Å². The molecule has 4 aromatic carbocycles. The summed E-state index contributed by atoms with van der Waals surface area (Å²) >= 11 is 7.98. The minimum Gasteiger partial charge on any atom is -0.487 e. The van der Waals surface area contributed by atoms with Gasteiger partial charge in [-0.1, -0.05) is 88.7 Å². The highest BCUT2D eigenvalue weighted by Crippen LogP contribution is 2.29. The molecule has 0 saturated heterocycles. The lowest BCUT2D eigenvalue weighted by atomic mass is 9.91. The second-order valence-corrected chi connectivity index (χ2v) is 11.0. The first-order valence-electron chi connectivity index (χ1n) is 10.8. The summed E-state index contributed by atoms with van der Waals surface area (Å²) in [7, 11) is 0. The SMILES string of the molecule is O=C(N/N=C/c1cc(I)c(OCc2ccc(Br)cc2)c(I)c1)C(c1ccccc1)c1ccccc1. The Labute approximate surface area is 240 Å². The zero-order valence-corrected chi connectivity index (χ0v) is 24.4. The maximum atomic E-state index is 13.1. The first-order chi connectivity index (χ1) is 17.0. The van der Waals surface area contributed by atoms with Crippen LogP contribution in [0.2, 0.25) is 0 Å². The Morgan fingerprint density at radius 3 is 1.97 bits per heavy atom. The van der Waals surface area contributed by atoms with Crippen LogP contribution in [-0.2, 0) is 11.4 Å².